The van der Waals surface area contributed by atoms with Gasteiger partial charge < -0.3 is 19.9 Å². The highest BCUT2D eigenvalue weighted by molar-refractivity contribution is 6.09. The fourth-order valence-corrected chi connectivity index (χ4v) is 3.26. The van der Waals surface area contributed by atoms with E-state index in [0.29, 0.717) is 18.8 Å². The highest BCUT2D eigenvalue weighted by atomic mass is 16.5. The Kier molecular flexibility index (Phi) is 5.87. The third-order valence-corrected chi connectivity index (χ3v) is 5.14. The van der Waals surface area contributed by atoms with Crippen LogP contribution in [0.15, 0.2) is 54.6 Å². The molecule has 3 rings (SSSR count). The van der Waals surface area contributed by atoms with Gasteiger partial charge in [0.05, 0.1) is 7.11 Å². The fraction of sp³-hybridized carbons (Fsp3) is 0.364. The van der Waals surface area contributed by atoms with Crippen LogP contribution in [0, 0.1) is 5.41 Å². The van der Waals surface area contributed by atoms with Crippen molar-refractivity contribution in [1.29, 1.82) is 0 Å². The van der Waals surface area contributed by atoms with E-state index in [1.165, 1.54) is 0 Å². The minimum atomic E-state index is -1.13. The van der Waals surface area contributed by atoms with Crippen molar-refractivity contribution in [2.24, 2.45) is 5.41 Å². The zero-order valence-electron chi connectivity index (χ0n) is 16.6. The molecular weight excluding hydrogens is 354 g/mol. The van der Waals surface area contributed by atoms with Gasteiger partial charge in [-0.15, -0.1) is 0 Å². The summed E-state index contributed by atoms with van der Waals surface area (Å²) in [5.41, 5.74) is 0.671. The number of carbonyl (C=O) groups is 2. The molecule has 6 nitrogen and oxygen atoms in total. The first-order chi connectivity index (χ1) is 13.4. The van der Waals surface area contributed by atoms with Crippen LogP contribution in [-0.2, 0) is 9.59 Å². The Labute approximate surface area is 166 Å². The number of benzene rings is 2. The van der Waals surface area contributed by atoms with Crippen LogP contribution in [0.1, 0.15) is 13.8 Å². The van der Waals surface area contributed by atoms with Crippen LogP contribution < -0.4 is 15.0 Å². The van der Waals surface area contributed by atoms with Gasteiger partial charge in [-0.1, -0.05) is 18.2 Å². The fourth-order valence-electron chi connectivity index (χ4n) is 3.26. The Morgan fingerprint density at radius 3 is 2.11 bits per heavy atom. The summed E-state index contributed by atoms with van der Waals surface area (Å²) >= 11 is 0. The predicted octanol–water partition coefficient (Wildman–Crippen LogP) is 3.01. The maximum absolute atomic E-state index is 13.0. The zero-order chi connectivity index (χ0) is 20.1. The van der Waals surface area contributed by atoms with Crippen molar-refractivity contribution in [3.05, 3.63) is 54.6 Å². The lowest BCUT2D eigenvalue weighted by Crippen LogP contribution is -2.54. The summed E-state index contributed by atoms with van der Waals surface area (Å²) in [5, 5.41) is 2.84. The normalized spacial score (nSPS) is 14.5. The van der Waals surface area contributed by atoms with Gasteiger partial charge in [0.1, 0.15) is 11.2 Å². The minimum absolute atomic E-state index is 0.143. The molecule has 28 heavy (non-hydrogen) atoms. The minimum Gasteiger partial charge on any atom is -0.497 e. The number of amides is 2. The summed E-state index contributed by atoms with van der Waals surface area (Å²) in [7, 11) is 1.65. The Morgan fingerprint density at radius 2 is 1.54 bits per heavy atom. The number of hydrogen-bond donors (Lipinski definition) is 1. The van der Waals surface area contributed by atoms with E-state index in [-0.39, 0.29) is 11.8 Å². The first-order valence-electron chi connectivity index (χ1n) is 9.46. The van der Waals surface area contributed by atoms with Crippen LogP contribution in [0.4, 0.5) is 11.4 Å². The van der Waals surface area contributed by atoms with Crippen LogP contribution in [0.3, 0.4) is 0 Å². The monoisotopic (exact) mass is 381 g/mol. The van der Waals surface area contributed by atoms with E-state index in [2.05, 4.69) is 10.2 Å². The predicted molar refractivity (Wildman–Crippen MR) is 111 cm³/mol. The smallest absolute Gasteiger partial charge is 0.239 e. The number of piperazine rings is 1. The lowest BCUT2D eigenvalue weighted by atomic mass is 9.89. The van der Waals surface area contributed by atoms with E-state index in [9.17, 15) is 9.59 Å². The van der Waals surface area contributed by atoms with Crippen LogP contribution in [-0.4, -0.2) is 50.0 Å². The molecule has 2 aromatic carbocycles. The van der Waals surface area contributed by atoms with Gasteiger partial charge in [-0.3, -0.25) is 9.59 Å². The van der Waals surface area contributed by atoms with E-state index in [1.807, 2.05) is 54.6 Å². The van der Waals surface area contributed by atoms with Crippen molar-refractivity contribution in [1.82, 2.24) is 4.90 Å². The number of nitrogens with one attached hydrogen (secondary N) is 1. The molecule has 0 bridgehead atoms. The molecule has 0 unspecified atom stereocenters. The van der Waals surface area contributed by atoms with Gasteiger partial charge in [-0.05, 0) is 50.2 Å². The largest absolute Gasteiger partial charge is 0.497 e. The van der Waals surface area contributed by atoms with E-state index >= 15 is 0 Å². The van der Waals surface area contributed by atoms with Gasteiger partial charge in [0.15, 0.2) is 0 Å². The highest BCUT2D eigenvalue weighted by Crippen LogP contribution is 2.25. The van der Waals surface area contributed by atoms with Crippen molar-refractivity contribution in [3.8, 4) is 5.75 Å². The molecule has 1 fully saturated rings. The molecule has 0 radical (unpaired) electrons. The molecule has 148 valence electrons. The molecule has 0 saturated carbocycles. The summed E-state index contributed by atoms with van der Waals surface area (Å²) in [5.74, 6) is 0.389. The SMILES string of the molecule is COc1ccc(N2CCN(C(=O)C(C)(C)C(=O)Nc3ccccc3)CC2)cc1. The van der Waals surface area contributed by atoms with Crippen molar-refractivity contribution in [3.63, 3.8) is 0 Å². The van der Waals surface area contributed by atoms with Gasteiger partial charge in [0.25, 0.3) is 0 Å². The number of rotatable bonds is 5. The Balaban J connectivity index is 1.59. The zero-order valence-corrected chi connectivity index (χ0v) is 16.6. The molecule has 1 saturated heterocycles. The lowest BCUT2D eigenvalue weighted by molar-refractivity contribution is -0.146. The van der Waals surface area contributed by atoms with Crippen molar-refractivity contribution in [2.45, 2.75) is 13.8 Å². The number of para-hydroxylation sites is 1. The molecule has 1 aliphatic rings. The Hall–Kier alpha value is -3.02. The average Bonchev–Trinajstić information content (AvgIpc) is 2.74. The third kappa shape index (κ3) is 4.27. The van der Waals surface area contributed by atoms with E-state index < -0.39 is 5.41 Å². The van der Waals surface area contributed by atoms with Gasteiger partial charge in [0.2, 0.25) is 11.8 Å². The van der Waals surface area contributed by atoms with Crippen molar-refractivity contribution >= 4 is 23.2 Å². The molecule has 0 spiro atoms. The molecule has 0 aromatic heterocycles. The van der Waals surface area contributed by atoms with Crippen molar-refractivity contribution < 1.29 is 14.3 Å². The second-order valence-electron chi connectivity index (χ2n) is 7.42. The number of anilines is 2. The summed E-state index contributed by atoms with van der Waals surface area (Å²) in [6.07, 6.45) is 0. The van der Waals surface area contributed by atoms with E-state index in [4.69, 9.17) is 4.74 Å². The van der Waals surface area contributed by atoms with Crippen LogP contribution in [0.25, 0.3) is 0 Å². The number of methoxy groups -OCH3 is 1. The summed E-state index contributed by atoms with van der Waals surface area (Å²) in [6, 6.07) is 17.1. The Morgan fingerprint density at radius 1 is 0.929 bits per heavy atom. The van der Waals surface area contributed by atoms with E-state index in [1.54, 1.807) is 25.9 Å². The van der Waals surface area contributed by atoms with E-state index in [0.717, 1.165) is 24.5 Å². The average molecular weight is 381 g/mol. The molecule has 1 heterocycles. The first kappa shape index (κ1) is 19.7. The maximum atomic E-state index is 13.0. The standard InChI is InChI=1S/C22H27N3O3/c1-22(2,20(26)23-17-7-5-4-6-8-17)21(27)25-15-13-24(14-16-25)18-9-11-19(28-3)12-10-18/h4-12H,13-16H2,1-3H3,(H,23,26). The number of hydrogen-bond acceptors (Lipinski definition) is 4. The second-order valence-corrected chi connectivity index (χ2v) is 7.42. The summed E-state index contributed by atoms with van der Waals surface area (Å²) in [6.45, 7) is 6.01. The quantitative estimate of drug-likeness (QED) is 0.809. The van der Waals surface area contributed by atoms with Crippen molar-refractivity contribution in [2.75, 3.05) is 43.5 Å². The summed E-state index contributed by atoms with van der Waals surface area (Å²) in [4.78, 5) is 29.7. The first-order valence-corrected chi connectivity index (χ1v) is 9.46. The van der Waals surface area contributed by atoms with Gasteiger partial charge in [0, 0.05) is 37.6 Å². The summed E-state index contributed by atoms with van der Waals surface area (Å²) < 4.78 is 5.20. The van der Waals surface area contributed by atoms with Gasteiger partial charge >= 0.3 is 0 Å². The molecule has 0 atom stereocenters. The second kappa shape index (κ2) is 8.33. The number of carbonyl (C=O) groups excluding carboxylic acids is 2. The molecule has 2 aromatic rings. The molecule has 1 N–H and O–H groups in total. The highest BCUT2D eigenvalue weighted by Gasteiger charge is 2.40. The molecule has 6 heteroatoms. The third-order valence-electron chi connectivity index (χ3n) is 5.14. The molecular formula is C22H27N3O3. The van der Waals surface area contributed by atoms with Crippen LogP contribution >= 0.6 is 0 Å². The van der Waals surface area contributed by atoms with Crippen LogP contribution in [0.2, 0.25) is 0 Å². The number of nitrogens with zero attached hydrogens (tertiary/aromatic N) is 2. The molecule has 0 aliphatic carbocycles. The number of ether oxygens (including phenoxy) is 1. The van der Waals surface area contributed by atoms with Crippen LogP contribution in [0.5, 0.6) is 5.75 Å². The molecule has 2 amide bonds. The van der Waals surface area contributed by atoms with Gasteiger partial charge in [-0.25, -0.2) is 0 Å². The molecule has 1 aliphatic heterocycles. The Bertz CT molecular complexity index is 811. The maximum Gasteiger partial charge on any atom is 0.239 e. The van der Waals surface area contributed by atoms with Gasteiger partial charge in [-0.2, -0.15) is 0 Å². The topological polar surface area (TPSA) is 61.9 Å². The lowest BCUT2D eigenvalue weighted by Gasteiger charge is -2.39.